The molecule has 40 heavy (non-hydrogen) atoms. The van der Waals surface area contributed by atoms with Crippen molar-refractivity contribution in [2.24, 2.45) is 16.7 Å². The van der Waals surface area contributed by atoms with E-state index in [1.165, 1.54) is 4.90 Å². The van der Waals surface area contributed by atoms with Crippen LogP contribution in [0.25, 0.3) is 0 Å². The van der Waals surface area contributed by atoms with Crippen LogP contribution in [0.2, 0.25) is 19.6 Å². The van der Waals surface area contributed by atoms with Gasteiger partial charge in [0.15, 0.2) is 14.1 Å². The van der Waals surface area contributed by atoms with Crippen LogP contribution in [0.1, 0.15) is 57.6 Å². The topological polar surface area (TPSA) is 76.1 Å². The standard InChI is InChI=1S/C33H47NO5Si/c1-31(2)26-18-19-32(31,3)33(22-26,39-40(5,6)7)29(36)21-28(35)27(20-24-14-10-8-11-15-24)34(4)30(37)38-23-25-16-12-9-13-17-25/h8-17,26-28,35H,18-23H2,1-7H3/t26-,27+,28-,32-,33+/m1/s1. The van der Waals surface area contributed by atoms with Gasteiger partial charge in [-0.2, -0.15) is 0 Å². The summed E-state index contributed by atoms with van der Waals surface area (Å²) in [5.74, 6) is 0.370. The zero-order valence-electron chi connectivity index (χ0n) is 25.3. The van der Waals surface area contributed by atoms with E-state index in [0.717, 1.165) is 24.0 Å². The maximum atomic E-state index is 14.4. The first-order chi connectivity index (χ1) is 18.7. The summed E-state index contributed by atoms with van der Waals surface area (Å²) in [7, 11) is -0.470. The molecule has 4 rings (SSSR count). The Morgan fingerprint density at radius 1 is 1.00 bits per heavy atom. The number of likely N-dealkylation sites (N-methyl/N-ethyl adjacent to an activating group) is 1. The van der Waals surface area contributed by atoms with Crippen molar-refractivity contribution < 1.29 is 23.9 Å². The fourth-order valence-corrected chi connectivity index (χ4v) is 8.71. The van der Waals surface area contributed by atoms with Crippen molar-refractivity contribution in [3.8, 4) is 0 Å². The zero-order chi connectivity index (χ0) is 29.3. The number of fused-ring (bicyclic) bond motifs is 2. The largest absolute Gasteiger partial charge is 0.445 e. The van der Waals surface area contributed by atoms with Crippen molar-refractivity contribution in [1.29, 1.82) is 0 Å². The molecule has 0 aliphatic heterocycles. The van der Waals surface area contributed by atoms with E-state index in [9.17, 15) is 14.7 Å². The van der Waals surface area contributed by atoms with Gasteiger partial charge in [-0.05, 0) is 67.8 Å². The minimum absolute atomic E-state index is 0.0330. The lowest BCUT2D eigenvalue weighted by Gasteiger charge is -2.50. The Labute approximate surface area is 241 Å². The molecular weight excluding hydrogens is 518 g/mol. The molecule has 2 bridgehead atoms. The Balaban J connectivity index is 1.58. The fraction of sp³-hybridized carbons (Fsp3) is 0.576. The highest BCUT2D eigenvalue weighted by Crippen LogP contribution is 2.71. The average molecular weight is 566 g/mol. The van der Waals surface area contributed by atoms with Gasteiger partial charge >= 0.3 is 6.09 Å². The summed E-state index contributed by atoms with van der Waals surface area (Å²) in [4.78, 5) is 29.0. The first-order valence-electron chi connectivity index (χ1n) is 14.6. The normalized spacial score (nSPS) is 26.8. The highest BCUT2D eigenvalue weighted by atomic mass is 28.4. The number of hydrogen-bond acceptors (Lipinski definition) is 5. The van der Waals surface area contributed by atoms with Gasteiger partial charge in [0.1, 0.15) is 12.2 Å². The Hall–Kier alpha value is -2.48. The molecule has 5 atom stereocenters. The second-order valence-electron chi connectivity index (χ2n) is 13.6. The maximum absolute atomic E-state index is 14.4. The van der Waals surface area contributed by atoms with Gasteiger partial charge in [-0.25, -0.2) is 4.79 Å². The molecule has 2 aliphatic rings. The lowest BCUT2D eigenvalue weighted by Crippen LogP contribution is -2.60. The monoisotopic (exact) mass is 565 g/mol. The molecule has 0 saturated heterocycles. The predicted octanol–water partition coefficient (Wildman–Crippen LogP) is 6.62. The van der Waals surface area contributed by atoms with Gasteiger partial charge in [0.2, 0.25) is 0 Å². The van der Waals surface area contributed by atoms with Crippen LogP contribution in [0.3, 0.4) is 0 Å². The molecule has 1 amide bonds. The molecule has 218 valence electrons. The minimum Gasteiger partial charge on any atom is -0.445 e. The third kappa shape index (κ3) is 5.79. The van der Waals surface area contributed by atoms with Crippen LogP contribution < -0.4 is 0 Å². The number of carbonyl (C=O) groups is 2. The third-order valence-electron chi connectivity index (χ3n) is 9.91. The number of hydrogen-bond donors (Lipinski definition) is 1. The lowest BCUT2D eigenvalue weighted by molar-refractivity contribution is -0.154. The minimum atomic E-state index is -2.11. The number of aliphatic hydroxyl groups is 1. The number of carbonyl (C=O) groups excluding carboxylic acids is 2. The van der Waals surface area contributed by atoms with Crippen LogP contribution in [-0.4, -0.2) is 55.0 Å². The number of aliphatic hydroxyl groups excluding tert-OH is 1. The van der Waals surface area contributed by atoms with Crippen LogP contribution in [-0.2, 0) is 27.0 Å². The summed E-state index contributed by atoms with van der Waals surface area (Å²) >= 11 is 0. The summed E-state index contributed by atoms with van der Waals surface area (Å²) in [6.07, 6.45) is 1.46. The summed E-state index contributed by atoms with van der Waals surface area (Å²) in [5, 5.41) is 11.7. The van der Waals surface area contributed by atoms with E-state index in [4.69, 9.17) is 9.16 Å². The molecule has 1 N–H and O–H groups in total. The summed E-state index contributed by atoms with van der Waals surface area (Å²) in [5.41, 5.74) is 0.598. The average Bonchev–Trinajstić information content (AvgIpc) is 3.22. The van der Waals surface area contributed by atoms with E-state index >= 15 is 0 Å². The van der Waals surface area contributed by atoms with Crippen molar-refractivity contribution in [2.75, 3.05) is 7.05 Å². The number of amides is 1. The number of Topliss-reactive ketones (excluding diaryl/α,β-unsaturated/α-hetero) is 1. The highest BCUT2D eigenvalue weighted by molar-refractivity contribution is 6.70. The maximum Gasteiger partial charge on any atom is 0.410 e. The molecule has 0 spiro atoms. The van der Waals surface area contributed by atoms with Gasteiger partial charge in [-0.15, -0.1) is 0 Å². The third-order valence-corrected chi connectivity index (χ3v) is 10.9. The number of ketones is 1. The smallest absolute Gasteiger partial charge is 0.410 e. The van der Waals surface area contributed by atoms with E-state index in [2.05, 4.69) is 40.4 Å². The summed E-state index contributed by atoms with van der Waals surface area (Å²) in [6.45, 7) is 13.3. The number of ether oxygens (including phenoxy) is 1. The molecule has 0 unspecified atom stereocenters. The Morgan fingerprint density at radius 2 is 1.57 bits per heavy atom. The van der Waals surface area contributed by atoms with Gasteiger partial charge < -0.3 is 19.2 Å². The van der Waals surface area contributed by atoms with Crippen molar-refractivity contribution in [1.82, 2.24) is 4.90 Å². The van der Waals surface area contributed by atoms with Crippen LogP contribution in [0.4, 0.5) is 4.79 Å². The van der Waals surface area contributed by atoms with Crippen molar-refractivity contribution >= 4 is 20.2 Å². The Morgan fingerprint density at radius 3 is 2.08 bits per heavy atom. The molecule has 0 aromatic heterocycles. The number of nitrogens with zero attached hydrogens (tertiary/aromatic N) is 1. The van der Waals surface area contributed by atoms with Gasteiger partial charge in [0, 0.05) is 18.9 Å². The molecule has 2 aromatic carbocycles. The van der Waals surface area contributed by atoms with Crippen LogP contribution >= 0.6 is 0 Å². The van der Waals surface area contributed by atoms with Crippen molar-refractivity contribution in [2.45, 2.75) is 96.9 Å². The van der Waals surface area contributed by atoms with Crippen LogP contribution in [0.5, 0.6) is 0 Å². The van der Waals surface area contributed by atoms with Crippen molar-refractivity contribution in [3.05, 3.63) is 71.8 Å². The molecular formula is C33H47NO5Si. The molecule has 6 nitrogen and oxygen atoms in total. The zero-order valence-corrected chi connectivity index (χ0v) is 26.3. The Kier molecular flexibility index (Phi) is 8.70. The van der Waals surface area contributed by atoms with E-state index in [-0.39, 0.29) is 29.6 Å². The van der Waals surface area contributed by atoms with E-state index in [1.807, 2.05) is 60.7 Å². The van der Waals surface area contributed by atoms with Gasteiger partial charge in [-0.1, -0.05) is 81.4 Å². The van der Waals surface area contributed by atoms with Crippen molar-refractivity contribution in [3.63, 3.8) is 0 Å². The second-order valence-corrected chi connectivity index (χ2v) is 18.1. The highest BCUT2D eigenvalue weighted by Gasteiger charge is 2.72. The van der Waals surface area contributed by atoms with Gasteiger partial charge in [-0.3, -0.25) is 4.79 Å². The second kappa shape index (κ2) is 11.4. The number of rotatable bonds is 11. The van der Waals surface area contributed by atoms with Crippen LogP contribution in [0, 0.1) is 16.7 Å². The quantitative estimate of drug-likeness (QED) is 0.310. The molecule has 0 heterocycles. The SMILES string of the molecule is CN(C(=O)OCc1ccccc1)[C@@H](Cc1ccccc1)[C@H](O)CC(=O)[C@@]1(O[Si](C)(C)C)C[C@H]2CC[C@]1(C)C2(C)C. The molecule has 2 aliphatic carbocycles. The summed E-state index contributed by atoms with van der Waals surface area (Å²) in [6, 6.07) is 18.6. The van der Waals surface area contributed by atoms with Gasteiger partial charge in [0.05, 0.1) is 12.1 Å². The van der Waals surface area contributed by atoms with E-state index < -0.39 is 32.2 Å². The van der Waals surface area contributed by atoms with Gasteiger partial charge in [0.25, 0.3) is 0 Å². The molecule has 0 radical (unpaired) electrons. The molecule has 2 aromatic rings. The van der Waals surface area contributed by atoms with Crippen LogP contribution in [0.15, 0.2) is 60.7 Å². The first kappa shape index (κ1) is 30.5. The number of benzene rings is 2. The Bertz CT molecular complexity index is 1180. The molecule has 2 saturated carbocycles. The summed E-state index contributed by atoms with van der Waals surface area (Å²) < 4.78 is 12.5. The molecule has 7 heteroatoms. The fourth-order valence-electron chi connectivity index (χ4n) is 7.24. The van der Waals surface area contributed by atoms with E-state index in [1.54, 1.807) is 7.05 Å². The predicted molar refractivity (Wildman–Crippen MR) is 160 cm³/mol. The lowest BCUT2D eigenvalue weighted by atomic mass is 9.62. The first-order valence-corrected chi connectivity index (χ1v) is 18.0. The molecule has 2 fully saturated rings. The van der Waals surface area contributed by atoms with E-state index in [0.29, 0.717) is 18.8 Å².